The van der Waals surface area contributed by atoms with E-state index in [0.29, 0.717) is 0 Å². The van der Waals surface area contributed by atoms with Gasteiger partial charge in [-0.2, -0.15) is 0 Å². The van der Waals surface area contributed by atoms with E-state index in [2.05, 4.69) is 10.6 Å². The first-order valence-corrected chi connectivity index (χ1v) is 7.11. The quantitative estimate of drug-likeness (QED) is 0.873. The third-order valence-corrected chi connectivity index (χ3v) is 3.87. The van der Waals surface area contributed by atoms with Gasteiger partial charge in [0, 0.05) is 16.9 Å². The van der Waals surface area contributed by atoms with Gasteiger partial charge in [0.25, 0.3) is 0 Å². The molecule has 2 rings (SSSR count). The Morgan fingerprint density at radius 2 is 2.05 bits per heavy atom. The molecule has 0 aliphatic carbocycles. The number of carbonyl (C=O) groups excluding carboxylic acids is 2. The van der Waals surface area contributed by atoms with Crippen molar-refractivity contribution in [2.45, 2.75) is 42.9 Å². The van der Waals surface area contributed by atoms with E-state index in [1.54, 1.807) is 0 Å². The Morgan fingerprint density at radius 1 is 1.37 bits per heavy atom. The highest BCUT2D eigenvalue weighted by Gasteiger charge is 2.29. The average molecular weight is 278 g/mol. The molecule has 19 heavy (non-hydrogen) atoms. The van der Waals surface area contributed by atoms with Crippen LogP contribution < -0.4 is 10.6 Å². The van der Waals surface area contributed by atoms with Gasteiger partial charge in [-0.1, -0.05) is 12.1 Å². The Morgan fingerprint density at radius 3 is 2.74 bits per heavy atom. The van der Waals surface area contributed by atoms with Crippen LogP contribution >= 0.6 is 11.8 Å². The van der Waals surface area contributed by atoms with Gasteiger partial charge in [-0.05, 0) is 32.9 Å². The number of anilines is 1. The zero-order valence-electron chi connectivity index (χ0n) is 11.3. The summed E-state index contributed by atoms with van der Waals surface area (Å²) in [7, 11) is 0. The van der Waals surface area contributed by atoms with E-state index in [9.17, 15) is 9.59 Å². The fourth-order valence-corrected chi connectivity index (χ4v) is 2.98. The molecule has 0 radical (unpaired) electrons. The number of hydrogen-bond acceptors (Lipinski definition) is 3. The largest absolute Gasteiger partial charge is 0.351 e. The molecule has 1 aliphatic rings. The fraction of sp³-hybridized carbons (Fsp3) is 0.429. The van der Waals surface area contributed by atoms with Crippen molar-refractivity contribution in [1.82, 2.24) is 5.32 Å². The van der Waals surface area contributed by atoms with Crippen LogP contribution in [0.2, 0.25) is 0 Å². The summed E-state index contributed by atoms with van der Waals surface area (Å²) >= 11 is 1.45. The summed E-state index contributed by atoms with van der Waals surface area (Å²) in [5, 5.41) is 5.35. The highest BCUT2D eigenvalue weighted by Crippen LogP contribution is 2.36. The molecule has 0 bridgehead atoms. The van der Waals surface area contributed by atoms with Crippen molar-refractivity contribution >= 4 is 29.3 Å². The van der Waals surface area contributed by atoms with E-state index in [-0.39, 0.29) is 29.0 Å². The summed E-state index contributed by atoms with van der Waals surface area (Å²) in [5.74, 6) is -0.202. The van der Waals surface area contributed by atoms with Crippen molar-refractivity contribution in [3.63, 3.8) is 0 Å². The van der Waals surface area contributed by atoms with Crippen molar-refractivity contribution in [2.75, 3.05) is 5.32 Å². The van der Waals surface area contributed by atoms with E-state index < -0.39 is 0 Å². The SMILES string of the molecule is CC(C)(C)NC(=O)CC1Sc2ccccc2NC1=O. The topological polar surface area (TPSA) is 58.2 Å². The van der Waals surface area contributed by atoms with Gasteiger partial charge in [-0.15, -0.1) is 11.8 Å². The van der Waals surface area contributed by atoms with Crippen molar-refractivity contribution in [2.24, 2.45) is 0 Å². The van der Waals surface area contributed by atoms with Crippen LogP contribution in [0.15, 0.2) is 29.2 Å². The number of benzene rings is 1. The molecule has 2 N–H and O–H groups in total. The van der Waals surface area contributed by atoms with Crippen LogP contribution in [-0.2, 0) is 9.59 Å². The second-order valence-electron chi connectivity index (χ2n) is 5.59. The lowest BCUT2D eigenvalue weighted by Gasteiger charge is -2.25. The first-order valence-electron chi connectivity index (χ1n) is 6.23. The van der Waals surface area contributed by atoms with Crippen molar-refractivity contribution in [1.29, 1.82) is 0 Å². The lowest BCUT2D eigenvalue weighted by Crippen LogP contribution is -2.43. The molecule has 0 aromatic heterocycles. The maximum Gasteiger partial charge on any atom is 0.238 e. The number of para-hydroxylation sites is 1. The summed E-state index contributed by atoms with van der Waals surface area (Å²) in [6.45, 7) is 5.77. The van der Waals surface area contributed by atoms with Gasteiger partial charge in [-0.3, -0.25) is 9.59 Å². The van der Waals surface area contributed by atoms with E-state index in [0.717, 1.165) is 10.6 Å². The molecule has 0 fully saturated rings. The molecular formula is C14H18N2O2S. The van der Waals surface area contributed by atoms with Crippen LogP contribution in [0.25, 0.3) is 0 Å². The minimum Gasteiger partial charge on any atom is -0.351 e. The lowest BCUT2D eigenvalue weighted by molar-refractivity contribution is -0.125. The molecule has 0 saturated heterocycles. The first-order chi connectivity index (χ1) is 8.85. The Labute approximate surface area is 117 Å². The summed E-state index contributed by atoms with van der Waals surface area (Å²) in [5.41, 5.74) is 0.551. The Hall–Kier alpha value is -1.49. The van der Waals surface area contributed by atoms with Gasteiger partial charge in [0.1, 0.15) is 0 Å². The van der Waals surface area contributed by atoms with Gasteiger partial charge in [-0.25, -0.2) is 0 Å². The Balaban J connectivity index is 2.03. The molecule has 5 heteroatoms. The molecule has 1 heterocycles. The zero-order valence-corrected chi connectivity index (χ0v) is 12.1. The lowest BCUT2D eigenvalue weighted by atomic mass is 10.1. The maximum atomic E-state index is 11.9. The minimum atomic E-state index is -0.364. The van der Waals surface area contributed by atoms with Crippen LogP contribution in [0.4, 0.5) is 5.69 Å². The van der Waals surface area contributed by atoms with Crippen LogP contribution in [-0.4, -0.2) is 22.6 Å². The fourth-order valence-electron chi connectivity index (χ4n) is 1.86. The van der Waals surface area contributed by atoms with Gasteiger partial charge in [0.05, 0.1) is 10.9 Å². The number of carbonyl (C=O) groups is 2. The number of thioether (sulfide) groups is 1. The first kappa shape index (κ1) is 13.9. The van der Waals surface area contributed by atoms with E-state index in [4.69, 9.17) is 0 Å². The van der Waals surface area contributed by atoms with Crippen molar-refractivity contribution in [3.05, 3.63) is 24.3 Å². The number of nitrogens with one attached hydrogen (secondary N) is 2. The summed E-state index contributed by atoms with van der Waals surface area (Å²) < 4.78 is 0. The average Bonchev–Trinajstić information content (AvgIpc) is 2.27. The monoisotopic (exact) mass is 278 g/mol. The van der Waals surface area contributed by atoms with Gasteiger partial charge in [0.2, 0.25) is 11.8 Å². The van der Waals surface area contributed by atoms with Crippen LogP contribution in [0.5, 0.6) is 0 Å². The molecule has 102 valence electrons. The molecule has 0 saturated carbocycles. The second-order valence-corrected chi connectivity index (χ2v) is 6.84. The van der Waals surface area contributed by atoms with Gasteiger partial charge in [0.15, 0.2) is 0 Å². The number of amides is 2. The second kappa shape index (κ2) is 5.25. The van der Waals surface area contributed by atoms with Crippen molar-refractivity contribution < 1.29 is 9.59 Å². The molecule has 1 aromatic rings. The summed E-state index contributed by atoms with van der Waals surface area (Å²) in [6.07, 6.45) is 0.197. The number of rotatable bonds is 2. The third-order valence-electron chi connectivity index (χ3n) is 2.59. The third kappa shape index (κ3) is 3.73. The molecular weight excluding hydrogens is 260 g/mol. The maximum absolute atomic E-state index is 11.9. The Kier molecular flexibility index (Phi) is 3.85. The highest BCUT2D eigenvalue weighted by atomic mass is 32.2. The van der Waals surface area contributed by atoms with Crippen LogP contribution in [0.3, 0.4) is 0 Å². The highest BCUT2D eigenvalue weighted by molar-refractivity contribution is 8.01. The van der Waals surface area contributed by atoms with E-state index >= 15 is 0 Å². The van der Waals surface area contributed by atoms with Crippen molar-refractivity contribution in [3.8, 4) is 0 Å². The number of hydrogen-bond donors (Lipinski definition) is 2. The predicted octanol–water partition coefficient (Wildman–Crippen LogP) is 2.40. The molecule has 0 spiro atoms. The van der Waals surface area contributed by atoms with Crippen LogP contribution in [0.1, 0.15) is 27.2 Å². The molecule has 1 aromatic carbocycles. The normalized spacial score (nSPS) is 18.5. The van der Waals surface area contributed by atoms with E-state index in [1.165, 1.54) is 11.8 Å². The predicted molar refractivity (Wildman–Crippen MR) is 77.2 cm³/mol. The summed E-state index contributed by atoms with van der Waals surface area (Å²) in [6, 6.07) is 7.63. The zero-order chi connectivity index (χ0) is 14.0. The van der Waals surface area contributed by atoms with E-state index in [1.807, 2.05) is 45.0 Å². The Bertz CT molecular complexity index is 508. The van der Waals surface area contributed by atoms with Crippen LogP contribution in [0, 0.1) is 0 Å². The molecule has 2 amide bonds. The summed E-state index contributed by atoms with van der Waals surface area (Å²) in [4.78, 5) is 24.8. The number of fused-ring (bicyclic) bond motifs is 1. The molecule has 1 aliphatic heterocycles. The van der Waals surface area contributed by atoms with Gasteiger partial charge < -0.3 is 10.6 Å². The van der Waals surface area contributed by atoms with Gasteiger partial charge >= 0.3 is 0 Å². The minimum absolute atomic E-state index is 0.0977. The smallest absolute Gasteiger partial charge is 0.238 e. The molecule has 4 nitrogen and oxygen atoms in total. The molecule has 1 unspecified atom stereocenters. The standard InChI is InChI=1S/C14H18N2O2S/c1-14(2,3)16-12(17)8-11-13(18)15-9-6-4-5-7-10(9)19-11/h4-7,11H,8H2,1-3H3,(H,15,18)(H,16,17). The molecule has 1 atom stereocenters.